The summed E-state index contributed by atoms with van der Waals surface area (Å²) in [5.41, 5.74) is 8.01. The lowest BCUT2D eigenvalue weighted by Gasteiger charge is -2.42. The molecule has 2 nitrogen and oxygen atoms in total. The van der Waals surface area contributed by atoms with Crippen LogP contribution in [0, 0.1) is 0 Å². The second-order valence-electron chi connectivity index (χ2n) is 10.6. The highest BCUT2D eigenvalue weighted by Crippen LogP contribution is 2.53. The number of anilines is 3. The Bertz CT molecular complexity index is 1970. The summed E-state index contributed by atoms with van der Waals surface area (Å²) < 4.78 is 6.64. The molecule has 0 saturated heterocycles. The summed E-state index contributed by atoms with van der Waals surface area (Å²) in [6, 6.07) is 41.5. The molecule has 8 rings (SSSR count). The Morgan fingerprint density at radius 1 is 0.486 bits per heavy atom. The van der Waals surface area contributed by atoms with Crippen LogP contribution in [0.25, 0.3) is 43.5 Å². The van der Waals surface area contributed by atoms with E-state index in [1.54, 1.807) is 0 Å². The zero-order valence-electron chi connectivity index (χ0n) is 20.8. The first-order valence-electron chi connectivity index (χ1n) is 12.9. The van der Waals surface area contributed by atoms with Gasteiger partial charge in [0.1, 0.15) is 11.2 Å². The molecule has 7 aromatic rings. The zero-order chi connectivity index (χ0) is 24.7. The fraction of sp³-hybridized carbons (Fsp3) is 0.0857. The van der Waals surface area contributed by atoms with E-state index < -0.39 is 0 Å². The van der Waals surface area contributed by atoms with E-state index in [0.717, 1.165) is 22.2 Å². The molecule has 2 heteroatoms. The molecule has 1 aliphatic heterocycles. The van der Waals surface area contributed by atoms with Gasteiger partial charge in [-0.25, -0.2) is 0 Å². The molecule has 0 radical (unpaired) electrons. The standard InChI is InChI=1S/C35H25NO/c1-35(2)26-15-3-5-17-29(26)36(30-18-6-4-16-27(30)35)28-20-21-32-34-24(13-9-14-25(28)34)23-12-7-10-22-11-8-19-31(37-32)33(22)23/h3-21H,1-2H3. The normalized spacial score (nSPS) is 14.4. The van der Waals surface area contributed by atoms with Crippen LogP contribution in [0.1, 0.15) is 25.0 Å². The van der Waals surface area contributed by atoms with Gasteiger partial charge < -0.3 is 9.32 Å². The molecule has 0 atom stereocenters. The van der Waals surface area contributed by atoms with Crippen LogP contribution >= 0.6 is 0 Å². The third kappa shape index (κ3) is 2.70. The fourth-order valence-electron chi connectivity index (χ4n) is 6.53. The first-order valence-corrected chi connectivity index (χ1v) is 12.9. The molecule has 0 amide bonds. The van der Waals surface area contributed by atoms with Crippen molar-refractivity contribution in [2.24, 2.45) is 0 Å². The number of rotatable bonds is 1. The van der Waals surface area contributed by atoms with Gasteiger partial charge in [0.15, 0.2) is 0 Å². The van der Waals surface area contributed by atoms with Gasteiger partial charge in [-0.05, 0) is 57.6 Å². The van der Waals surface area contributed by atoms with Gasteiger partial charge in [0.25, 0.3) is 0 Å². The van der Waals surface area contributed by atoms with Crippen molar-refractivity contribution in [3.05, 3.63) is 126 Å². The molecule has 0 aliphatic carbocycles. The van der Waals surface area contributed by atoms with Crippen molar-refractivity contribution in [3.8, 4) is 0 Å². The molecular weight excluding hydrogens is 450 g/mol. The molecule has 0 fully saturated rings. The highest BCUT2D eigenvalue weighted by molar-refractivity contribution is 6.25. The minimum Gasteiger partial charge on any atom is -0.456 e. The summed E-state index contributed by atoms with van der Waals surface area (Å²) >= 11 is 0. The average molecular weight is 476 g/mol. The van der Waals surface area contributed by atoms with Gasteiger partial charge in [0, 0.05) is 21.6 Å². The van der Waals surface area contributed by atoms with Crippen LogP contribution in [0.2, 0.25) is 0 Å². The summed E-state index contributed by atoms with van der Waals surface area (Å²) in [5, 5.41) is 7.14. The Morgan fingerprint density at radius 3 is 1.78 bits per heavy atom. The third-order valence-electron chi connectivity index (χ3n) is 8.23. The lowest BCUT2D eigenvalue weighted by molar-refractivity contribution is 0.632. The topological polar surface area (TPSA) is 16.4 Å². The van der Waals surface area contributed by atoms with Crippen molar-refractivity contribution in [2.45, 2.75) is 19.3 Å². The van der Waals surface area contributed by atoms with Crippen LogP contribution in [-0.4, -0.2) is 0 Å². The van der Waals surface area contributed by atoms with E-state index in [0.29, 0.717) is 0 Å². The van der Waals surface area contributed by atoms with Crippen molar-refractivity contribution < 1.29 is 4.42 Å². The van der Waals surface area contributed by atoms with Gasteiger partial charge in [-0.15, -0.1) is 0 Å². The molecule has 6 aromatic carbocycles. The van der Waals surface area contributed by atoms with Gasteiger partial charge in [-0.2, -0.15) is 0 Å². The summed E-state index contributed by atoms with van der Waals surface area (Å²) in [5.74, 6) is 0. The van der Waals surface area contributed by atoms with E-state index in [9.17, 15) is 0 Å². The highest BCUT2D eigenvalue weighted by Gasteiger charge is 2.36. The quantitative estimate of drug-likeness (QED) is 0.235. The van der Waals surface area contributed by atoms with Crippen molar-refractivity contribution >= 4 is 60.5 Å². The molecular formula is C35H25NO. The fourth-order valence-corrected chi connectivity index (χ4v) is 6.53. The molecule has 2 heterocycles. The number of nitrogens with zero attached hydrogens (tertiary/aromatic N) is 1. The summed E-state index contributed by atoms with van der Waals surface area (Å²) in [6.45, 7) is 4.66. The second kappa shape index (κ2) is 7.24. The van der Waals surface area contributed by atoms with Gasteiger partial charge in [0.2, 0.25) is 0 Å². The first-order chi connectivity index (χ1) is 18.1. The van der Waals surface area contributed by atoms with Crippen LogP contribution < -0.4 is 4.90 Å². The van der Waals surface area contributed by atoms with Crippen LogP contribution in [-0.2, 0) is 5.41 Å². The van der Waals surface area contributed by atoms with Crippen molar-refractivity contribution in [2.75, 3.05) is 4.90 Å². The van der Waals surface area contributed by atoms with Gasteiger partial charge in [-0.3, -0.25) is 0 Å². The first kappa shape index (κ1) is 20.6. The summed E-state index contributed by atoms with van der Waals surface area (Å²) in [4.78, 5) is 2.44. The Kier molecular flexibility index (Phi) is 4.03. The molecule has 1 aromatic heterocycles. The lowest BCUT2D eigenvalue weighted by atomic mass is 9.73. The minimum absolute atomic E-state index is 0.0894. The Morgan fingerprint density at radius 2 is 1.05 bits per heavy atom. The molecule has 0 bridgehead atoms. The number of para-hydroxylation sites is 2. The maximum Gasteiger partial charge on any atom is 0.136 e. The smallest absolute Gasteiger partial charge is 0.136 e. The minimum atomic E-state index is -0.0894. The Hall–Kier alpha value is -4.56. The van der Waals surface area contributed by atoms with Crippen molar-refractivity contribution in [1.82, 2.24) is 0 Å². The molecule has 0 spiro atoms. The largest absolute Gasteiger partial charge is 0.456 e. The predicted molar refractivity (Wildman–Crippen MR) is 156 cm³/mol. The Labute approximate surface area is 215 Å². The number of benzene rings is 6. The van der Waals surface area contributed by atoms with E-state index in [4.69, 9.17) is 4.42 Å². The lowest BCUT2D eigenvalue weighted by Crippen LogP contribution is -2.30. The highest BCUT2D eigenvalue weighted by atomic mass is 16.3. The number of hydrogen-bond acceptors (Lipinski definition) is 2. The van der Waals surface area contributed by atoms with Crippen LogP contribution in [0.15, 0.2) is 120 Å². The maximum atomic E-state index is 6.64. The van der Waals surface area contributed by atoms with E-state index >= 15 is 0 Å². The molecule has 0 unspecified atom stereocenters. The third-order valence-corrected chi connectivity index (χ3v) is 8.23. The SMILES string of the molecule is CC1(C)c2ccccc2N(c2ccc3oc4cccc5cccc(c6cccc2c36)c54)c2ccccc21. The zero-order valence-corrected chi connectivity index (χ0v) is 20.8. The van der Waals surface area contributed by atoms with E-state index in [-0.39, 0.29) is 5.41 Å². The van der Waals surface area contributed by atoms with Gasteiger partial charge in [-0.1, -0.05) is 98.8 Å². The van der Waals surface area contributed by atoms with Crippen LogP contribution in [0.5, 0.6) is 0 Å². The predicted octanol–water partition coefficient (Wildman–Crippen LogP) is 10.0. The van der Waals surface area contributed by atoms with Crippen molar-refractivity contribution in [3.63, 3.8) is 0 Å². The van der Waals surface area contributed by atoms with E-state index in [1.807, 2.05) is 0 Å². The molecule has 0 N–H and O–H groups in total. The van der Waals surface area contributed by atoms with Crippen LogP contribution in [0.4, 0.5) is 17.1 Å². The monoisotopic (exact) mass is 475 g/mol. The van der Waals surface area contributed by atoms with Crippen LogP contribution in [0.3, 0.4) is 0 Å². The molecule has 176 valence electrons. The molecule has 0 saturated carbocycles. The maximum absolute atomic E-state index is 6.64. The summed E-state index contributed by atoms with van der Waals surface area (Å²) in [6.07, 6.45) is 0. The van der Waals surface area contributed by atoms with Crippen molar-refractivity contribution in [1.29, 1.82) is 0 Å². The summed E-state index contributed by atoms with van der Waals surface area (Å²) in [7, 11) is 0. The number of fused-ring (bicyclic) bond motifs is 3. The average Bonchev–Trinajstić information content (AvgIpc) is 3.07. The number of hydrogen-bond donors (Lipinski definition) is 0. The van der Waals surface area contributed by atoms with E-state index in [1.165, 1.54) is 49.4 Å². The van der Waals surface area contributed by atoms with E-state index in [2.05, 4.69) is 134 Å². The molecule has 37 heavy (non-hydrogen) atoms. The molecule has 1 aliphatic rings. The van der Waals surface area contributed by atoms with Gasteiger partial charge in [0.05, 0.1) is 17.1 Å². The van der Waals surface area contributed by atoms with Gasteiger partial charge >= 0.3 is 0 Å². The second-order valence-corrected chi connectivity index (χ2v) is 10.6. The Balaban J connectivity index is 1.54.